The quantitative estimate of drug-likeness (QED) is 0.158. The van der Waals surface area contributed by atoms with Crippen LogP contribution in [0.15, 0.2) is 35.3 Å². The highest BCUT2D eigenvalue weighted by atomic mass is 35.5. The third-order valence-corrected chi connectivity index (χ3v) is 5.58. The number of carbonyl (C=O) groups is 3. The average molecular weight is 451 g/mol. The van der Waals surface area contributed by atoms with Gasteiger partial charge in [-0.2, -0.15) is 0 Å². The molecular formula is C21H31ClN6O3. The zero-order chi connectivity index (χ0) is 22.8. The van der Waals surface area contributed by atoms with E-state index >= 15 is 0 Å². The maximum Gasteiger partial charge on any atom is 0.243 e. The van der Waals surface area contributed by atoms with E-state index in [2.05, 4.69) is 10.3 Å². The fraction of sp³-hybridized carbons (Fsp3) is 0.524. The maximum atomic E-state index is 12.8. The summed E-state index contributed by atoms with van der Waals surface area (Å²) in [6, 6.07) is 7.39. The summed E-state index contributed by atoms with van der Waals surface area (Å²) in [6.45, 7) is 0.948. The summed E-state index contributed by atoms with van der Waals surface area (Å²) >= 11 is 5.80. The Hall–Kier alpha value is -2.49. The Bertz CT molecular complexity index is 785. The smallest absolute Gasteiger partial charge is 0.243 e. The number of hydrogen-bond acceptors (Lipinski definition) is 6. The van der Waals surface area contributed by atoms with Crippen molar-refractivity contribution in [3.8, 4) is 0 Å². The maximum absolute atomic E-state index is 12.8. The van der Waals surface area contributed by atoms with Crippen LogP contribution in [0.2, 0.25) is 0 Å². The van der Waals surface area contributed by atoms with Crippen LogP contribution in [0.25, 0.3) is 0 Å². The molecule has 2 rings (SSSR count). The predicted molar refractivity (Wildman–Crippen MR) is 120 cm³/mol. The molecule has 10 heteroatoms. The third kappa shape index (κ3) is 7.61. The Morgan fingerprint density at radius 3 is 2.58 bits per heavy atom. The SMILES string of the molecule is NC(N)=NCCC[C@@H](C(=O)CCl)N1CCC[C@@H]1C(=O)NC(=O)[C@H](N)Cc1ccccc1. The number of amides is 2. The van der Waals surface area contributed by atoms with Gasteiger partial charge in [0.2, 0.25) is 11.8 Å². The molecule has 0 bridgehead atoms. The number of nitrogens with one attached hydrogen (secondary N) is 1. The number of alkyl halides is 1. The van der Waals surface area contributed by atoms with Crippen molar-refractivity contribution in [2.45, 2.75) is 50.2 Å². The van der Waals surface area contributed by atoms with Gasteiger partial charge >= 0.3 is 0 Å². The fourth-order valence-corrected chi connectivity index (χ4v) is 3.97. The molecule has 0 radical (unpaired) electrons. The molecule has 9 nitrogen and oxygen atoms in total. The predicted octanol–water partition coefficient (Wildman–Crippen LogP) is -0.106. The molecule has 170 valence electrons. The molecule has 1 heterocycles. The van der Waals surface area contributed by atoms with Crippen LogP contribution in [-0.2, 0) is 20.8 Å². The first-order valence-corrected chi connectivity index (χ1v) is 10.9. The number of aliphatic imine (C=N–C) groups is 1. The Kier molecular flexibility index (Phi) is 9.90. The molecule has 1 aliphatic heterocycles. The van der Waals surface area contributed by atoms with Crippen LogP contribution < -0.4 is 22.5 Å². The molecule has 7 N–H and O–H groups in total. The standard InChI is InChI=1S/C21H31ClN6O3/c22-13-18(29)16(8-4-10-26-21(24)25)28-11-5-9-17(28)20(31)27-19(30)15(23)12-14-6-2-1-3-7-14/h1-3,6-7,15-17H,4-5,8-13,23H2,(H4,24,25,26)(H,27,30,31)/t15-,16+,17-/m1/s1. The van der Waals surface area contributed by atoms with Gasteiger partial charge in [-0.1, -0.05) is 30.3 Å². The number of Topliss-reactive ketones (excluding diaryl/α,β-unsaturated/α-hetero) is 1. The van der Waals surface area contributed by atoms with Crippen molar-refractivity contribution in [1.82, 2.24) is 10.2 Å². The monoisotopic (exact) mass is 450 g/mol. The topological polar surface area (TPSA) is 157 Å². The molecule has 0 aromatic heterocycles. The van der Waals surface area contributed by atoms with Crippen LogP contribution in [0.5, 0.6) is 0 Å². The van der Waals surface area contributed by atoms with Gasteiger partial charge in [-0.15, -0.1) is 11.6 Å². The van der Waals surface area contributed by atoms with E-state index < -0.39 is 29.9 Å². The number of halogens is 1. The molecule has 1 aromatic carbocycles. The summed E-state index contributed by atoms with van der Waals surface area (Å²) in [4.78, 5) is 43.5. The van der Waals surface area contributed by atoms with Crippen LogP contribution in [-0.4, -0.2) is 65.6 Å². The average Bonchev–Trinajstić information content (AvgIpc) is 3.23. The number of likely N-dealkylation sites (tertiary alicyclic amines) is 1. The van der Waals surface area contributed by atoms with Crippen molar-refractivity contribution in [2.75, 3.05) is 19.0 Å². The normalized spacial score (nSPS) is 18.2. The van der Waals surface area contributed by atoms with E-state index in [1.807, 2.05) is 35.2 Å². The lowest BCUT2D eigenvalue weighted by molar-refractivity contribution is -0.135. The number of nitrogens with two attached hydrogens (primary N) is 3. The summed E-state index contributed by atoms with van der Waals surface area (Å²) in [7, 11) is 0. The highest BCUT2D eigenvalue weighted by Crippen LogP contribution is 2.24. The minimum atomic E-state index is -0.846. The van der Waals surface area contributed by atoms with Crippen LogP contribution in [0, 0.1) is 0 Å². The summed E-state index contributed by atoms with van der Waals surface area (Å²) in [5.74, 6) is -1.31. The summed E-state index contributed by atoms with van der Waals surface area (Å²) in [5.41, 5.74) is 17.6. The fourth-order valence-electron chi connectivity index (χ4n) is 3.80. The third-order valence-electron chi connectivity index (χ3n) is 5.31. The molecule has 1 saturated heterocycles. The van der Waals surface area contributed by atoms with Crippen molar-refractivity contribution in [3.63, 3.8) is 0 Å². The van der Waals surface area contributed by atoms with Gasteiger partial charge in [0.15, 0.2) is 11.7 Å². The number of rotatable bonds is 11. The first-order valence-electron chi connectivity index (χ1n) is 10.4. The highest BCUT2D eigenvalue weighted by molar-refractivity contribution is 6.28. The van der Waals surface area contributed by atoms with Crippen LogP contribution >= 0.6 is 11.6 Å². The molecule has 31 heavy (non-hydrogen) atoms. The van der Waals surface area contributed by atoms with Gasteiger partial charge < -0.3 is 17.2 Å². The lowest BCUT2D eigenvalue weighted by atomic mass is 10.0. The molecule has 0 aliphatic carbocycles. The lowest BCUT2D eigenvalue weighted by Gasteiger charge is -2.31. The molecule has 0 unspecified atom stereocenters. The zero-order valence-corrected chi connectivity index (χ0v) is 18.3. The molecule has 0 spiro atoms. The number of carbonyl (C=O) groups excluding carboxylic acids is 3. The number of hydrogen-bond donors (Lipinski definition) is 4. The minimum Gasteiger partial charge on any atom is -0.370 e. The first-order chi connectivity index (χ1) is 14.8. The molecule has 1 aromatic rings. The largest absolute Gasteiger partial charge is 0.370 e. The van der Waals surface area contributed by atoms with E-state index in [-0.39, 0.29) is 17.6 Å². The van der Waals surface area contributed by atoms with Gasteiger partial charge in [-0.05, 0) is 44.2 Å². The van der Waals surface area contributed by atoms with E-state index in [0.717, 1.165) is 12.0 Å². The summed E-state index contributed by atoms with van der Waals surface area (Å²) in [5, 5.41) is 2.42. The van der Waals surface area contributed by atoms with Crippen LogP contribution in [0.1, 0.15) is 31.2 Å². The molecule has 0 saturated carbocycles. The summed E-state index contributed by atoms with van der Waals surface area (Å²) < 4.78 is 0. The van der Waals surface area contributed by atoms with Gasteiger partial charge in [0.05, 0.1) is 24.0 Å². The molecular weight excluding hydrogens is 420 g/mol. The van der Waals surface area contributed by atoms with Crippen molar-refractivity contribution in [2.24, 2.45) is 22.2 Å². The van der Waals surface area contributed by atoms with Gasteiger partial charge in [0.1, 0.15) is 0 Å². The molecule has 2 amide bonds. The van der Waals surface area contributed by atoms with E-state index in [1.54, 1.807) is 0 Å². The van der Waals surface area contributed by atoms with E-state index in [9.17, 15) is 14.4 Å². The number of guanidine groups is 1. The van der Waals surface area contributed by atoms with E-state index in [4.69, 9.17) is 28.8 Å². The van der Waals surface area contributed by atoms with E-state index in [1.165, 1.54) is 0 Å². The number of nitrogens with zero attached hydrogens (tertiary/aromatic N) is 2. The second-order valence-electron chi connectivity index (χ2n) is 7.61. The van der Waals surface area contributed by atoms with Gasteiger partial charge in [0, 0.05) is 6.54 Å². The van der Waals surface area contributed by atoms with Crippen LogP contribution in [0.3, 0.4) is 0 Å². The molecule has 1 fully saturated rings. The second kappa shape index (κ2) is 12.4. The van der Waals surface area contributed by atoms with Crippen LogP contribution in [0.4, 0.5) is 0 Å². The highest BCUT2D eigenvalue weighted by Gasteiger charge is 2.38. The molecule has 1 aliphatic rings. The Labute approximate surface area is 187 Å². The van der Waals surface area contributed by atoms with Crippen molar-refractivity contribution < 1.29 is 14.4 Å². The second-order valence-corrected chi connectivity index (χ2v) is 7.88. The van der Waals surface area contributed by atoms with Gasteiger partial charge in [-0.25, -0.2) is 0 Å². The van der Waals surface area contributed by atoms with E-state index in [0.29, 0.717) is 38.8 Å². The lowest BCUT2D eigenvalue weighted by Crippen LogP contribution is -2.54. The van der Waals surface area contributed by atoms with Crippen molar-refractivity contribution in [3.05, 3.63) is 35.9 Å². The van der Waals surface area contributed by atoms with Crippen molar-refractivity contribution >= 4 is 35.2 Å². The number of imide groups is 1. The minimum absolute atomic E-state index is 0.0102. The zero-order valence-electron chi connectivity index (χ0n) is 17.5. The number of benzene rings is 1. The molecule has 3 atom stereocenters. The van der Waals surface area contributed by atoms with Gasteiger partial charge in [-0.3, -0.25) is 29.6 Å². The number of ketones is 1. The first kappa shape index (κ1) is 24.8. The van der Waals surface area contributed by atoms with Crippen molar-refractivity contribution in [1.29, 1.82) is 0 Å². The van der Waals surface area contributed by atoms with Gasteiger partial charge in [0.25, 0.3) is 0 Å². The Morgan fingerprint density at radius 2 is 1.94 bits per heavy atom. The Balaban J connectivity index is 1.98. The summed E-state index contributed by atoms with van der Waals surface area (Å²) in [6.07, 6.45) is 2.65. The Morgan fingerprint density at radius 1 is 1.23 bits per heavy atom.